The molecular weight excluding hydrogens is 372 g/mol. The van der Waals surface area contributed by atoms with Gasteiger partial charge in [0.1, 0.15) is 23.8 Å². The lowest BCUT2D eigenvalue weighted by Gasteiger charge is -2.39. The Balaban J connectivity index is 1.90. The molecule has 0 radical (unpaired) electrons. The molecule has 10 nitrogen and oxygen atoms in total. The number of carboxylic acid groups (broad SMARTS) is 1. The number of hydrogen-bond acceptors (Lipinski definition) is 9. The van der Waals surface area contributed by atoms with E-state index in [-0.39, 0.29) is 17.1 Å². The van der Waals surface area contributed by atoms with E-state index in [1.165, 1.54) is 17.1 Å². The van der Waals surface area contributed by atoms with Crippen molar-refractivity contribution in [3.8, 4) is 5.13 Å². The van der Waals surface area contributed by atoms with Gasteiger partial charge in [0.05, 0.1) is 5.39 Å². The summed E-state index contributed by atoms with van der Waals surface area (Å²) >= 11 is 1.09. The van der Waals surface area contributed by atoms with Crippen LogP contribution in [0.3, 0.4) is 0 Å². The molecule has 1 saturated heterocycles. The van der Waals surface area contributed by atoms with Crippen LogP contribution in [-0.4, -0.2) is 56.2 Å². The molecule has 3 aromatic rings. The van der Waals surface area contributed by atoms with Gasteiger partial charge in [-0.3, -0.25) is 14.2 Å². The number of aromatic nitrogens is 4. The minimum Gasteiger partial charge on any atom is -0.477 e. The lowest BCUT2D eigenvalue weighted by Crippen LogP contribution is -2.54. The average molecular weight is 388 g/mol. The van der Waals surface area contributed by atoms with Crippen LogP contribution in [0.4, 0.5) is 5.82 Å². The molecule has 2 N–H and O–H groups in total. The molecule has 3 aromatic heterocycles. The number of fused-ring (bicyclic) bond motifs is 1. The third kappa shape index (κ3) is 2.95. The second-order valence-electron chi connectivity index (χ2n) is 6.12. The van der Waals surface area contributed by atoms with Gasteiger partial charge in [0.2, 0.25) is 10.6 Å². The lowest BCUT2D eigenvalue weighted by atomic mass is 10.1. The molecule has 0 unspecified atom stereocenters. The summed E-state index contributed by atoms with van der Waals surface area (Å²) in [5, 5.41) is 10.1. The van der Waals surface area contributed by atoms with E-state index in [2.05, 4.69) is 19.8 Å². The normalized spacial score (nSPS) is 14.5. The third-order valence-electron chi connectivity index (χ3n) is 4.38. The molecule has 11 heteroatoms. The Morgan fingerprint density at radius 3 is 2.85 bits per heavy atom. The van der Waals surface area contributed by atoms with Crippen LogP contribution < -0.4 is 15.8 Å². The minimum atomic E-state index is -1.29. The molecule has 0 saturated carbocycles. The fourth-order valence-corrected chi connectivity index (χ4v) is 3.59. The van der Waals surface area contributed by atoms with Crippen molar-refractivity contribution in [3.05, 3.63) is 39.9 Å². The summed E-state index contributed by atoms with van der Waals surface area (Å²) in [6.07, 6.45) is 2.69. The predicted octanol–water partition coefficient (Wildman–Crippen LogP) is 0.583. The summed E-state index contributed by atoms with van der Waals surface area (Å²) in [4.78, 5) is 40.4. The summed E-state index contributed by atoms with van der Waals surface area (Å²) in [5.41, 5.74) is 2.79. The van der Waals surface area contributed by atoms with Gasteiger partial charge < -0.3 is 10.0 Å². The van der Waals surface area contributed by atoms with Crippen LogP contribution in [0.15, 0.2) is 23.4 Å². The Morgan fingerprint density at radius 1 is 1.44 bits per heavy atom. The molecule has 4 rings (SSSR count). The third-order valence-corrected chi connectivity index (χ3v) is 5.05. The molecule has 27 heavy (non-hydrogen) atoms. The topological polar surface area (TPSA) is 122 Å². The highest BCUT2D eigenvalue weighted by Gasteiger charge is 2.30. The van der Waals surface area contributed by atoms with Crippen molar-refractivity contribution >= 4 is 34.4 Å². The summed E-state index contributed by atoms with van der Waals surface area (Å²) in [6, 6.07) is 1.79. The monoisotopic (exact) mass is 388 g/mol. The first-order valence-electron chi connectivity index (χ1n) is 8.14. The Hall–Kier alpha value is -2.89. The summed E-state index contributed by atoms with van der Waals surface area (Å²) in [7, 11) is 1.71. The maximum absolute atomic E-state index is 12.7. The number of anilines is 1. The number of nitrogens with zero attached hydrogens (tertiary/aromatic N) is 5. The molecule has 1 fully saturated rings. The van der Waals surface area contributed by atoms with Crippen molar-refractivity contribution in [1.82, 2.24) is 24.4 Å². The molecule has 0 atom stereocenters. The van der Waals surface area contributed by atoms with Crippen LogP contribution in [0, 0.1) is 6.92 Å². The van der Waals surface area contributed by atoms with E-state index >= 15 is 0 Å². The molecule has 0 spiro atoms. The van der Waals surface area contributed by atoms with Crippen LogP contribution in [0.25, 0.3) is 16.2 Å². The van der Waals surface area contributed by atoms with Crippen LogP contribution in [-0.2, 0) is 4.84 Å². The number of carbonyl (C=O) groups is 1. The Kier molecular flexibility index (Phi) is 4.34. The van der Waals surface area contributed by atoms with Gasteiger partial charge in [-0.2, -0.15) is 4.37 Å². The molecule has 0 aliphatic carbocycles. The van der Waals surface area contributed by atoms with Crippen molar-refractivity contribution in [2.45, 2.75) is 13.0 Å². The van der Waals surface area contributed by atoms with E-state index in [1.807, 2.05) is 4.90 Å². The Labute approximate surface area is 157 Å². The maximum Gasteiger partial charge on any atom is 0.341 e. The van der Waals surface area contributed by atoms with Crippen molar-refractivity contribution in [2.24, 2.45) is 0 Å². The highest BCUT2D eigenvalue weighted by atomic mass is 32.1. The fourth-order valence-electron chi connectivity index (χ4n) is 3.08. The molecule has 1 aliphatic rings. The highest BCUT2D eigenvalue weighted by molar-refractivity contribution is 7.08. The van der Waals surface area contributed by atoms with Gasteiger partial charge >= 0.3 is 5.97 Å². The summed E-state index contributed by atoms with van der Waals surface area (Å²) < 4.78 is 5.47. The SMILES string of the molecule is CNOC1CN(c2cc(C)c3c(=O)c(C(=O)O)cn(-c4ncns4)c3n2)C1. The van der Waals surface area contributed by atoms with Crippen molar-refractivity contribution in [3.63, 3.8) is 0 Å². The predicted molar refractivity (Wildman–Crippen MR) is 98.6 cm³/mol. The molecule has 140 valence electrons. The van der Waals surface area contributed by atoms with E-state index in [0.717, 1.165) is 11.5 Å². The van der Waals surface area contributed by atoms with Crippen LogP contribution in [0.1, 0.15) is 15.9 Å². The van der Waals surface area contributed by atoms with Gasteiger partial charge in [-0.05, 0) is 18.6 Å². The zero-order chi connectivity index (χ0) is 19.1. The van der Waals surface area contributed by atoms with Gasteiger partial charge in [-0.15, -0.1) is 0 Å². The number of rotatable bonds is 5. The van der Waals surface area contributed by atoms with E-state index in [1.54, 1.807) is 20.0 Å². The molecular formula is C16H16N6O4S. The Bertz CT molecular complexity index is 1070. The Morgan fingerprint density at radius 2 is 2.22 bits per heavy atom. The first-order valence-corrected chi connectivity index (χ1v) is 8.91. The van der Waals surface area contributed by atoms with Crippen molar-refractivity contribution in [1.29, 1.82) is 0 Å². The first-order chi connectivity index (χ1) is 13.0. The average Bonchev–Trinajstić information content (AvgIpc) is 3.11. The van der Waals surface area contributed by atoms with Crippen molar-refractivity contribution in [2.75, 3.05) is 25.0 Å². The number of aromatic carboxylic acids is 1. The zero-order valence-corrected chi connectivity index (χ0v) is 15.4. The first kappa shape index (κ1) is 17.5. The van der Waals surface area contributed by atoms with Gasteiger partial charge in [-0.1, -0.05) is 0 Å². The maximum atomic E-state index is 12.7. The molecule has 4 heterocycles. The lowest BCUT2D eigenvalue weighted by molar-refractivity contribution is -0.0262. The number of pyridine rings is 2. The fraction of sp³-hybridized carbons (Fsp3) is 0.312. The van der Waals surface area contributed by atoms with Gasteiger partial charge in [0.25, 0.3) is 0 Å². The van der Waals surface area contributed by atoms with Gasteiger partial charge in [0, 0.05) is 37.9 Å². The number of nitrogens with one attached hydrogen (secondary N) is 1. The number of aryl methyl sites for hydroxylation is 1. The van der Waals surface area contributed by atoms with Crippen LogP contribution in [0.2, 0.25) is 0 Å². The van der Waals surface area contributed by atoms with E-state index < -0.39 is 11.4 Å². The van der Waals surface area contributed by atoms with Gasteiger partial charge in [-0.25, -0.2) is 20.2 Å². The molecule has 0 amide bonds. The summed E-state index contributed by atoms with van der Waals surface area (Å²) in [5.74, 6) is -0.602. The van der Waals surface area contributed by atoms with Crippen molar-refractivity contribution < 1.29 is 14.7 Å². The largest absolute Gasteiger partial charge is 0.477 e. The van der Waals surface area contributed by atoms with E-state index in [0.29, 0.717) is 35.2 Å². The molecule has 0 aromatic carbocycles. The highest BCUT2D eigenvalue weighted by Crippen LogP contribution is 2.26. The zero-order valence-electron chi connectivity index (χ0n) is 14.5. The second kappa shape index (κ2) is 6.68. The quantitative estimate of drug-likeness (QED) is 0.604. The van der Waals surface area contributed by atoms with E-state index in [9.17, 15) is 14.7 Å². The number of carboxylic acids is 1. The summed E-state index contributed by atoms with van der Waals surface area (Å²) in [6.45, 7) is 3.09. The number of hydrogen-bond donors (Lipinski definition) is 2. The van der Waals surface area contributed by atoms with Gasteiger partial charge in [0.15, 0.2) is 5.65 Å². The number of hydroxylamine groups is 1. The van der Waals surface area contributed by atoms with Crippen LogP contribution in [0.5, 0.6) is 0 Å². The van der Waals surface area contributed by atoms with Crippen LogP contribution >= 0.6 is 11.5 Å². The standard InChI is InChI=1S/C16H16N6O4S/c1-8-3-11(21-4-9(5-21)26-17-2)20-14-12(8)13(23)10(15(24)25)6-22(14)16-18-7-19-27-16/h3,6-7,9,17H,4-5H2,1-2H3,(H,24,25). The second-order valence-corrected chi connectivity index (χ2v) is 6.87. The van der Waals surface area contributed by atoms with E-state index in [4.69, 9.17) is 4.84 Å². The smallest absolute Gasteiger partial charge is 0.341 e. The molecule has 0 bridgehead atoms. The molecule has 1 aliphatic heterocycles. The minimum absolute atomic E-state index is 0.0625.